The van der Waals surface area contributed by atoms with E-state index in [2.05, 4.69) is 5.32 Å². The van der Waals surface area contributed by atoms with Gasteiger partial charge >= 0.3 is 6.09 Å². The maximum absolute atomic E-state index is 11.7. The summed E-state index contributed by atoms with van der Waals surface area (Å²) in [6.07, 6.45) is 0.117. The van der Waals surface area contributed by atoms with Gasteiger partial charge in [0.25, 0.3) is 0 Å². The van der Waals surface area contributed by atoms with Crippen molar-refractivity contribution in [3.8, 4) is 5.75 Å². The fourth-order valence-corrected chi connectivity index (χ4v) is 1.93. The molecule has 0 saturated heterocycles. The fraction of sp³-hybridized carbons (Fsp3) is 0.562. The zero-order valence-electron chi connectivity index (χ0n) is 13.3. The van der Waals surface area contributed by atoms with Crippen molar-refractivity contribution in [2.24, 2.45) is 11.1 Å². The van der Waals surface area contributed by atoms with Crippen LogP contribution in [-0.4, -0.2) is 29.9 Å². The Morgan fingerprint density at radius 3 is 2.43 bits per heavy atom. The third-order valence-corrected chi connectivity index (χ3v) is 3.16. The first-order valence-corrected chi connectivity index (χ1v) is 7.09. The van der Waals surface area contributed by atoms with E-state index in [1.54, 1.807) is 12.1 Å². The van der Waals surface area contributed by atoms with Gasteiger partial charge in [-0.2, -0.15) is 0 Å². The number of benzene rings is 1. The molecule has 4 N–H and O–H groups in total. The first-order valence-electron chi connectivity index (χ1n) is 7.09. The van der Waals surface area contributed by atoms with Gasteiger partial charge in [-0.15, -0.1) is 0 Å². The van der Waals surface area contributed by atoms with Crippen molar-refractivity contribution < 1.29 is 14.6 Å². The second-order valence-corrected chi connectivity index (χ2v) is 6.68. The minimum atomic E-state index is -0.527. The molecule has 0 aromatic heterocycles. The molecule has 0 aliphatic carbocycles. The molecule has 0 radical (unpaired) electrons. The number of nitrogens with one attached hydrogen (secondary N) is 1. The van der Waals surface area contributed by atoms with Crippen molar-refractivity contribution in [1.82, 2.24) is 5.32 Å². The smallest absolute Gasteiger partial charge is 0.407 e. The van der Waals surface area contributed by atoms with Gasteiger partial charge in [0.05, 0.1) is 0 Å². The van der Waals surface area contributed by atoms with Crippen LogP contribution >= 0.6 is 0 Å². The summed E-state index contributed by atoms with van der Waals surface area (Å²) in [6.45, 7) is 8.19. The van der Waals surface area contributed by atoms with Gasteiger partial charge in [0, 0.05) is 12.0 Å². The Balaban J connectivity index is 2.64. The lowest BCUT2D eigenvalue weighted by Gasteiger charge is -2.29. The van der Waals surface area contributed by atoms with Gasteiger partial charge in [0.15, 0.2) is 0 Å². The highest BCUT2D eigenvalue weighted by Gasteiger charge is 2.26. The molecule has 0 heterocycles. The first-order chi connectivity index (χ1) is 9.65. The summed E-state index contributed by atoms with van der Waals surface area (Å²) in [5.41, 5.74) is 5.78. The van der Waals surface area contributed by atoms with Gasteiger partial charge in [0.1, 0.15) is 11.4 Å². The number of phenols is 1. The molecule has 0 spiro atoms. The van der Waals surface area contributed by atoms with Crippen LogP contribution in [0.25, 0.3) is 0 Å². The normalized spacial score (nSPS) is 14.3. The molecule has 0 fully saturated rings. The van der Waals surface area contributed by atoms with Crippen molar-refractivity contribution >= 4 is 6.09 Å². The Morgan fingerprint density at radius 1 is 1.29 bits per heavy atom. The van der Waals surface area contributed by atoms with E-state index in [1.165, 1.54) is 0 Å². The molecule has 1 aromatic rings. The highest BCUT2D eigenvalue weighted by Crippen LogP contribution is 2.26. The average molecular weight is 294 g/mol. The predicted molar refractivity (Wildman–Crippen MR) is 83.2 cm³/mol. The Bertz CT molecular complexity index is 483. The predicted octanol–water partition coefficient (Wildman–Crippen LogP) is 2.42. The average Bonchev–Trinajstić information content (AvgIpc) is 2.37. The molecule has 1 rings (SSSR count). The van der Waals surface area contributed by atoms with E-state index in [1.807, 2.05) is 39.8 Å². The molecule has 5 nitrogen and oxygen atoms in total. The van der Waals surface area contributed by atoms with Gasteiger partial charge in [-0.25, -0.2) is 4.79 Å². The maximum atomic E-state index is 11.7. The summed E-state index contributed by atoms with van der Waals surface area (Å²) in [4.78, 5) is 11.7. The third kappa shape index (κ3) is 6.04. The van der Waals surface area contributed by atoms with E-state index in [4.69, 9.17) is 10.5 Å². The van der Waals surface area contributed by atoms with Crippen LogP contribution in [-0.2, 0) is 11.2 Å². The summed E-state index contributed by atoms with van der Waals surface area (Å²) >= 11 is 0. The molecule has 1 atom stereocenters. The molecule has 1 aromatic carbocycles. The number of aromatic hydroxyl groups is 1. The topological polar surface area (TPSA) is 84.6 Å². The van der Waals surface area contributed by atoms with Gasteiger partial charge in [-0.1, -0.05) is 25.1 Å². The van der Waals surface area contributed by atoms with Crippen LogP contribution in [0.3, 0.4) is 0 Å². The number of hydrogen-bond acceptors (Lipinski definition) is 4. The molecule has 1 amide bonds. The zero-order chi connectivity index (χ0) is 16.1. The van der Waals surface area contributed by atoms with Crippen LogP contribution in [0.4, 0.5) is 4.79 Å². The molecule has 118 valence electrons. The van der Waals surface area contributed by atoms with E-state index >= 15 is 0 Å². The summed E-state index contributed by atoms with van der Waals surface area (Å²) in [6, 6.07) is 7.15. The number of para-hydroxylation sites is 1. The number of hydrogen-bond donors (Lipinski definition) is 3. The van der Waals surface area contributed by atoms with Gasteiger partial charge < -0.3 is 20.9 Å². The zero-order valence-corrected chi connectivity index (χ0v) is 13.3. The largest absolute Gasteiger partial charge is 0.508 e. The van der Waals surface area contributed by atoms with E-state index in [0.717, 1.165) is 5.56 Å². The number of carbonyl (C=O) groups excluding carboxylic acids is 1. The van der Waals surface area contributed by atoms with Crippen LogP contribution in [0.15, 0.2) is 24.3 Å². The number of carbonyl (C=O) groups is 1. The quantitative estimate of drug-likeness (QED) is 0.778. The Kier molecular flexibility index (Phi) is 5.61. The minimum Gasteiger partial charge on any atom is -0.508 e. The number of rotatable bonds is 5. The molecule has 5 heteroatoms. The van der Waals surface area contributed by atoms with E-state index < -0.39 is 11.7 Å². The van der Waals surface area contributed by atoms with Crippen LogP contribution < -0.4 is 11.1 Å². The first kappa shape index (κ1) is 17.3. The Labute approximate surface area is 126 Å². The molecule has 0 saturated carbocycles. The summed E-state index contributed by atoms with van der Waals surface area (Å²) in [5.74, 6) is 0.245. The second-order valence-electron chi connectivity index (χ2n) is 6.68. The molecule has 0 aliphatic rings. The van der Waals surface area contributed by atoms with Crippen molar-refractivity contribution in [1.29, 1.82) is 0 Å². The minimum absolute atomic E-state index is 0.245. The van der Waals surface area contributed by atoms with Crippen molar-refractivity contribution in [3.05, 3.63) is 29.8 Å². The number of alkyl carbamates (subject to hydrolysis) is 1. The van der Waals surface area contributed by atoms with Gasteiger partial charge in [-0.3, -0.25) is 0 Å². The van der Waals surface area contributed by atoms with Gasteiger partial charge in [0.2, 0.25) is 0 Å². The number of ether oxygens (including phenoxy) is 1. The highest BCUT2D eigenvalue weighted by molar-refractivity contribution is 5.67. The van der Waals surface area contributed by atoms with Crippen LogP contribution in [0.2, 0.25) is 0 Å². The Hall–Kier alpha value is -1.75. The fourth-order valence-electron chi connectivity index (χ4n) is 1.93. The highest BCUT2D eigenvalue weighted by atomic mass is 16.6. The third-order valence-electron chi connectivity index (χ3n) is 3.16. The maximum Gasteiger partial charge on any atom is 0.407 e. The number of amides is 1. The lowest BCUT2D eigenvalue weighted by Crippen LogP contribution is -2.43. The van der Waals surface area contributed by atoms with Gasteiger partial charge in [-0.05, 0) is 45.4 Å². The standard InChI is InChI=1S/C16H26N2O3/c1-15(2,3)21-14(20)18-11-16(4,10-17)9-12-7-5-6-8-13(12)19/h5-8,19H,9-11,17H2,1-4H3,(H,18,20). The van der Waals surface area contributed by atoms with Crippen LogP contribution in [0.1, 0.15) is 33.3 Å². The van der Waals surface area contributed by atoms with Crippen molar-refractivity contribution in [2.75, 3.05) is 13.1 Å². The second kappa shape index (κ2) is 6.80. The van der Waals surface area contributed by atoms with Crippen molar-refractivity contribution in [3.63, 3.8) is 0 Å². The summed E-state index contributed by atoms with van der Waals surface area (Å²) < 4.78 is 5.21. The molecular formula is C16H26N2O3. The van der Waals surface area contributed by atoms with E-state index in [0.29, 0.717) is 19.5 Å². The Morgan fingerprint density at radius 2 is 1.90 bits per heavy atom. The van der Waals surface area contributed by atoms with E-state index in [9.17, 15) is 9.90 Å². The summed E-state index contributed by atoms with van der Waals surface area (Å²) in [5, 5.41) is 12.6. The number of nitrogens with two attached hydrogens (primary N) is 1. The van der Waals surface area contributed by atoms with Crippen LogP contribution in [0, 0.1) is 5.41 Å². The molecule has 1 unspecified atom stereocenters. The lowest BCUT2D eigenvalue weighted by molar-refractivity contribution is 0.0504. The number of phenolic OH excluding ortho intramolecular Hbond substituents is 1. The molecular weight excluding hydrogens is 268 g/mol. The monoisotopic (exact) mass is 294 g/mol. The van der Waals surface area contributed by atoms with Crippen molar-refractivity contribution in [2.45, 2.75) is 39.7 Å². The molecule has 21 heavy (non-hydrogen) atoms. The molecule has 0 bridgehead atoms. The van der Waals surface area contributed by atoms with E-state index in [-0.39, 0.29) is 11.2 Å². The molecule has 0 aliphatic heterocycles. The summed E-state index contributed by atoms with van der Waals surface area (Å²) in [7, 11) is 0. The SMILES string of the molecule is CC(CN)(CNC(=O)OC(C)(C)C)Cc1ccccc1O. The lowest BCUT2D eigenvalue weighted by atomic mass is 9.83. The van der Waals surface area contributed by atoms with Crippen LogP contribution in [0.5, 0.6) is 5.75 Å².